The summed E-state index contributed by atoms with van der Waals surface area (Å²) in [6.45, 7) is 0.893. The van der Waals surface area contributed by atoms with Gasteiger partial charge in [-0.25, -0.2) is 4.39 Å². The van der Waals surface area contributed by atoms with Crippen LogP contribution < -0.4 is 10.1 Å². The molecule has 0 aliphatic heterocycles. The SMILES string of the molecule is COc1ccc(F)cc1CCNC1CCCC1. The Balaban J connectivity index is 1.86. The first-order chi connectivity index (χ1) is 8.29. The normalized spacial score (nSPS) is 16.4. The third kappa shape index (κ3) is 3.43. The molecule has 0 amide bonds. The number of hydrogen-bond donors (Lipinski definition) is 1. The molecule has 1 fully saturated rings. The Morgan fingerprint density at radius 2 is 2.12 bits per heavy atom. The van der Waals surface area contributed by atoms with E-state index in [1.807, 2.05) is 0 Å². The molecule has 1 saturated carbocycles. The monoisotopic (exact) mass is 237 g/mol. The summed E-state index contributed by atoms with van der Waals surface area (Å²) in [4.78, 5) is 0. The van der Waals surface area contributed by atoms with Gasteiger partial charge in [0.15, 0.2) is 0 Å². The topological polar surface area (TPSA) is 21.3 Å². The van der Waals surface area contributed by atoms with Crippen LogP contribution >= 0.6 is 0 Å². The van der Waals surface area contributed by atoms with E-state index in [4.69, 9.17) is 4.74 Å². The van der Waals surface area contributed by atoms with Gasteiger partial charge in [0.25, 0.3) is 0 Å². The number of nitrogens with one attached hydrogen (secondary N) is 1. The van der Waals surface area contributed by atoms with Crippen LogP contribution in [0.15, 0.2) is 18.2 Å². The highest BCUT2D eigenvalue weighted by atomic mass is 19.1. The van der Waals surface area contributed by atoms with Crippen LogP contribution in [0.1, 0.15) is 31.2 Å². The molecule has 1 aliphatic rings. The van der Waals surface area contributed by atoms with E-state index in [2.05, 4.69) is 5.32 Å². The van der Waals surface area contributed by atoms with Crippen LogP contribution in [0.2, 0.25) is 0 Å². The molecule has 0 bridgehead atoms. The zero-order valence-electron chi connectivity index (χ0n) is 10.3. The molecule has 2 nitrogen and oxygen atoms in total. The second-order valence-corrected chi connectivity index (χ2v) is 4.64. The van der Waals surface area contributed by atoms with Crippen molar-refractivity contribution in [1.29, 1.82) is 0 Å². The van der Waals surface area contributed by atoms with Crippen LogP contribution in [0.4, 0.5) is 4.39 Å². The highest BCUT2D eigenvalue weighted by Gasteiger charge is 2.14. The number of hydrogen-bond acceptors (Lipinski definition) is 2. The van der Waals surface area contributed by atoms with Crippen LogP contribution in [-0.2, 0) is 6.42 Å². The molecular weight excluding hydrogens is 217 g/mol. The minimum atomic E-state index is -0.193. The number of methoxy groups -OCH3 is 1. The third-order valence-electron chi connectivity index (χ3n) is 3.42. The molecule has 1 aromatic rings. The maximum absolute atomic E-state index is 13.1. The lowest BCUT2D eigenvalue weighted by Crippen LogP contribution is -2.28. The molecule has 0 heterocycles. The number of halogens is 1. The van der Waals surface area contributed by atoms with Crippen molar-refractivity contribution >= 4 is 0 Å². The average Bonchev–Trinajstić information content (AvgIpc) is 2.82. The van der Waals surface area contributed by atoms with Crippen molar-refractivity contribution in [2.75, 3.05) is 13.7 Å². The van der Waals surface area contributed by atoms with Crippen LogP contribution in [0.25, 0.3) is 0 Å². The quantitative estimate of drug-likeness (QED) is 0.850. The molecule has 2 rings (SSSR count). The molecule has 1 aromatic carbocycles. The first-order valence-electron chi connectivity index (χ1n) is 6.35. The second-order valence-electron chi connectivity index (χ2n) is 4.64. The van der Waals surface area contributed by atoms with Crippen LogP contribution in [0.5, 0.6) is 5.75 Å². The Hall–Kier alpha value is -1.09. The maximum Gasteiger partial charge on any atom is 0.123 e. The summed E-state index contributed by atoms with van der Waals surface area (Å²) in [6, 6.07) is 5.36. The lowest BCUT2D eigenvalue weighted by molar-refractivity contribution is 0.406. The van der Waals surface area contributed by atoms with Crippen LogP contribution in [0, 0.1) is 5.82 Å². The van der Waals surface area contributed by atoms with Gasteiger partial charge in [0.2, 0.25) is 0 Å². The molecule has 1 aliphatic carbocycles. The van der Waals surface area contributed by atoms with Crippen LogP contribution in [-0.4, -0.2) is 19.7 Å². The van der Waals surface area contributed by atoms with Gasteiger partial charge in [0.05, 0.1) is 7.11 Å². The van der Waals surface area contributed by atoms with Crippen molar-refractivity contribution in [2.24, 2.45) is 0 Å². The molecule has 0 radical (unpaired) electrons. The molecule has 17 heavy (non-hydrogen) atoms. The summed E-state index contributed by atoms with van der Waals surface area (Å²) >= 11 is 0. The molecule has 0 aromatic heterocycles. The summed E-state index contributed by atoms with van der Waals surface area (Å²) in [5, 5.41) is 3.52. The van der Waals surface area contributed by atoms with Gasteiger partial charge >= 0.3 is 0 Å². The minimum absolute atomic E-state index is 0.193. The van der Waals surface area contributed by atoms with Gasteiger partial charge in [-0.05, 0) is 49.6 Å². The van der Waals surface area contributed by atoms with Crippen molar-refractivity contribution in [3.63, 3.8) is 0 Å². The van der Waals surface area contributed by atoms with Crippen molar-refractivity contribution in [3.05, 3.63) is 29.6 Å². The van der Waals surface area contributed by atoms with Crippen molar-refractivity contribution < 1.29 is 9.13 Å². The minimum Gasteiger partial charge on any atom is -0.496 e. The van der Waals surface area contributed by atoms with E-state index in [1.165, 1.54) is 31.7 Å². The Morgan fingerprint density at radius 1 is 1.35 bits per heavy atom. The first-order valence-corrected chi connectivity index (χ1v) is 6.35. The summed E-state index contributed by atoms with van der Waals surface area (Å²) in [5.41, 5.74) is 0.943. The number of ether oxygens (including phenoxy) is 1. The molecule has 0 spiro atoms. The summed E-state index contributed by atoms with van der Waals surface area (Å²) in [6.07, 6.45) is 6.04. The third-order valence-corrected chi connectivity index (χ3v) is 3.42. The molecule has 0 unspecified atom stereocenters. The largest absolute Gasteiger partial charge is 0.496 e. The van der Waals surface area contributed by atoms with Gasteiger partial charge < -0.3 is 10.1 Å². The first kappa shape index (κ1) is 12.4. The molecule has 1 N–H and O–H groups in total. The zero-order valence-corrected chi connectivity index (χ0v) is 10.3. The highest BCUT2D eigenvalue weighted by molar-refractivity contribution is 5.34. The number of rotatable bonds is 5. The van der Waals surface area contributed by atoms with Gasteiger partial charge in [-0.1, -0.05) is 12.8 Å². The van der Waals surface area contributed by atoms with E-state index in [-0.39, 0.29) is 5.82 Å². The van der Waals surface area contributed by atoms with E-state index in [0.29, 0.717) is 6.04 Å². The predicted octanol–water partition coefficient (Wildman–Crippen LogP) is 2.91. The van der Waals surface area contributed by atoms with E-state index >= 15 is 0 Å². The summed E-state index contributed by atoms with van der Waals surface area (Å²) in [7, 11) is 1.63. The molecule has 94 valence electrons. The Bertz CT molecular complexity index is 361. The maximum atomic E-state index is 13.1. The van der Waals surface area contributed by atoms with Gasteiger partial charge in [-0.3, -0.25) is 0 Å². The average molecular weight is 237 g/mol. The fraction of sp³-hybridized carbons (Fsp3) is 0.571. The predicted molar refractivity (Wildman–Crippen MR) is 66.9 cm³/mol. The standard InChI is InChI=1S/C14H20FNO/c1-17-14-7-6-12(15)10-11(14)8-9-16-13-4-2-3-5-13/h6-7,10,13,16H,2-5,8-9H2,1H3. The van der Waals surface area contributed by atoms with E-state index in [9.17, 15) is 4.39 Å². The van der Waals surface area contributed by atoms with Gasteiger partial charge in [-0.15, -0.1) is 0 Å². The second kappa shape index (κ2) is 6.01. The van der Waals surface area contributed by atoms with E-state index < -0.39 is 0 Å². The Labute approximate surface area is 102 Å². The van der Waals surface area contributed by atoms with Gasteiger partial charge in [0, 0.05) is 6.04 Å². The zero-order chi connectivity index (χ0) is 12.1. The molecule has 0 saturated heterocycles. The smallest absolute Gasteiger partial charge is 0.123 e. The van der Waals surface area contributed by atoms with Gasteiger partial charge in [-0.2, -0.15) is 0 Å². The Morgan fingerprint density at radius 3 is 2.82 bits per heavy atom. The van der Waals surface area contributed by atoms with Gasteiger partial charge in [0.1, 0.15) is 11.6 Å². The van der Waals surface area contributed by atoms with E-state index in [1.54, 1.807) is 19.2 Å². The van der Waals surface area contributed by atoms with Crippen molar-refractivity contribution in [2.45, 2.75) is 38.1 Å². The fourth-order valence-corrected chi connectivity index (χ4v) is 2.48. The molecule has 3 heteroatoms. The summed E-state index contributed by atoms with van der Waals surface area (Å²) in [5.74, 6) is 0.585. The van der Waals surface area contributed by atoms with Crippen LogP contribution in [0.3, 0.4) is 0 Å². The van der Waals surface area contributed by atoms with Crippen molar-refractivity contribution in [3.8, 4) is 5.75 Å². The van der Waals surface area contributed by atoms with E-state index in [0.717, 1.165) is 24.3 Å². The number of benzene rings is 1. The fourth-order valence-electron chi connectivity index (χ4n) is 2.48. The molecule has 0 atom stereocenters. The van der Waals surface area contributed by atoms with Crippen molar-refractivity contribution in [1.82, 2.24) is 5.32 Å². The Kier molecular flexibility index (Phi) is 4.37. The lowest BCUT2D eigenvalue weighted by Gasteiger charge is -2.13. The summed E-state index contributed by atoms with van der Waals surface area (Å²) < 4.78 is 18.4. The molecular formula is C14H20FNO. The highest BCUT2D eigenvalue weighted by Crippen LogP contribution is 2.20. The lowest BCUT2D eigenvalue weighted by atomic mass is 10.1.